The minimum Gasteiger partial charge on any atom is -0.495 e. The molecule has 120 valence electrons. The lowest BCUT2D eigenvalue weighted by atomic mass is 10.1. The number of carbonyl (C=O) groups is 2. The van der Waals surface area contributed by atoms with Crippen molar-refractivity contribution in [1.82, 2.24) is 0 Å². The van der Waals surface area contributed by atoms with Crippen molar-refractivity contribution in [3.63, 3.8) is 0 Å². The summed E-state index contributed by atoms with van der Waals surface area (Å²) in [7, 11) is 1.49. The second-order valence-corrected chi connectivity index (χ2v) is 5.03. The number of ketones is 1. The minimum atomic E-state index is -0.248. The molecule has 0 aliphatic rings. The Morgan fingerprint density at radius 3 is 2.67 bits per heavy atom. The van der Waals surface area contributed by atoms with Crippen LogP contribution in [0.25, 0.3) is 6.08 Å². The van der Waals surface area contributed by atoms with Crippen molar-refractivity contribution in [2.24, 2.45) is 0 Å². The molecule has 0 heterocycles. The number of allylic oxidation sites excluding steroid dienone is 1. The molecule has 1 N–H and O–H groups in total. The zero-order chi connectivity index (χ0) is 17.5. The van der Waals surface area contributed by atoms with E-state index in [0.717, 1.165) is 5.56 Å². The van der Waals surface area contributed by atoms with Crippen LogP contribution in [-0.4, -0.2) is 18.8 Å². The number of anilines is 1. The molecule has 0 aliphatic heterocycles. The molecule has 2 rings (SSSR count). The van der Waals surface area contributed by atoms with Gasteiger partial charge < -0.3 is 10.1 Å². The highest BCUT2D eigenvalue weighted by atomic mass is 16.5. The number of methoxy groups -OCH3 is 1. The molecule has 0 atom stereocenters. The van der Waals surface area contributed by atoms with E-state index in [0.29, 0.717) is 22.6 Å². The van der Waals surface area contributed by atoms with Crippen LogP contribution in [0, 0.1) is 11.3 Å². The number of rotatable bonds is 5. The van der Waals surface area contributed by atoms with Gasteiger partial charge in [-0.1, -0.05) is 18.2 Å². The number of hydrogen-bond acceptors (Lipinski definition) is 4. The van der Waals surface area contributed by atoms with E-state index in [9.17, 15) is 9.59 Å². The van der Waals surface area contributed by atoms with E-state index in [1.165, 1.54) is 20.1 Å². The van der Waals surface area contributed by atoms with Crippen LogP contribution in [0.15, 0.2) is 48.5 Å². The normalized spacial score (nSPS) is 10.2. The first kappa shape index (κ1) is 17.0. The SMILES string of the molecule is COc1ccc(C(=O)/C=C\c2cccc(C#N)c2)cc1NC(C)=O. The third-order valence-electron chi connectivity index (χ3n) is 3.24. The molecule has 0 radical (unpaired) electrons. The van der Waals surface area contributed by atoms with Crippen LogP contribution in [0.4, 0.5) is 5.69 Å². The van der Waals surface area contributed by atoms with E-state index in [1.807, 2.05) is 0 Å². The Bertz CT molecular complexity index is 848. The van der Waals surface area contributed by atoms with Crippen molar-refractivity contribution < 1.29 is 14.3 Å². The van der Waals surface area contributed by atoms with E-state index in [1.54, 1.807) is 48.5 Å². The van der Waals surface area contributed by atoms with Crippen molar-refractivity contribution in [2.45, 2.75) is 6.92 Å². The molecule has 0 fully saturated rings. The number of benzene rings is 2. The fourth-order valence-electron chi connectivity index (χ4n) is 2.13. The quantitative estimate of drug-likeness (QED) is 0.676. The largest absolute Gasteiger partial charge is 0.495 e. The van der Waals surface area contributed by atoms with Crippen molar-refractivity contribution in [3.8, 4) is 11.8 Å². The van der Waals surface area contributed by atoms with Gasteiger partial charge in [-0.05, 0) is 42.0 Å². The van der Waals surface area contributed by atoms with Crippen molar-refractivity contribution in [2.75, 3.05) is 12.4 Å². The number of nitrogens with zero attached hydrogens (tertiary/aromatic N) is 1. The number of amides is 1. The Labute approximate surface area is 140 Å². The third-order valence-corrected chi connectivity index (χ3v) is 3.24. The molecule has 5 heteroatoms. The smallest absolute Gasteiger partial charge is 0.221 e. The molecular weight excluding hydrogens is 304 g/mol. The van der Waals surface area contributed by atoms with Crippen LogP contribution in [0.5, 0.6) is 5.75 Å². The van der Waals surface area contributed by atoms with Crippen LogP contribution in [-0.2, 0) is 4.79 Å². The number of nitriles is 1. The molecule has 0 spiro atoms. The molecule has 1 amide bonds. The molecule has 0 saturated carbocycles. The summed E-state index contributed by atoms with van der Waals surface area (Å²) in [6.45, 7) is 1.38. The van der Waals surface area contributed by atoms with Crippen LogP contribution < -0.4 is 10.1 Å². The lowest BCUT2D eigenvalue weighted by Gasteiger charge is -2.09. The predicted molar refractivity (Wildman–Crippen MR) is 91.8 cm³/mol. The van der Waals surface area contributed by atoms with Crippen LogP contribution >= 0.6 is 0 Å². The Morgan fingerprint density at radius 1 is 1.21 bits per heavy atom. The van der Waals surface area contributed by atoms with Gasteiger partial charge >= 0.3 is 0 Å². The molecule has 2 aromatic carbocycles. The third kappa shape index (κ3) is 4.31. The van der Waals surface area contributed by atoms with E-state index < -0.39 is 0 Å². The summed E-state index contributed by atoms with van der Waals surface area (Å²) in [5.74, 6) is 0.0147. The van der Waals surface area contributed by atoms with Crippen molar-refractivity contribution in [3.05, 3.63) is 65.2 Å². The highest BCUT2D eigenvalue weighted by Gasteiger charge is 2.09. The van der Waals surface area contributed by atoms with Crippen molar-refractivity contribution in [1.29, 1.82) is 5.26 Å². The van der Waals surface area contributed by atoms with E-state index >= 15 is 0 Å². The van der Waals surface area contributed by atoms with E-state index in [-0.39, 0.29) is 11.7 Å². The van der Waals surface area contributed by atoms with Gasteiger partial charge in [0.15, 0.2) is 5.78 Å². The van der Waals surface area contributed by atoms with Crippen LogP contribution in [0.1, 0.15) is 28.4 Å². The zero-order valence-electron chi connectivity index (χ0n) is 13.4. The summed E-state index contributed by atoms with van der Waals surface area (Å²) in [6.07, 6.45) is 3.07. The first-order chi connectivity index (χ1) is 11.5. The van der Waals surface area contributed by atoms with Gasteiger partial charge in [-0.25, -0.2) is 0 Å². The predicted octanol–water partition coefficient (Wildman–Crippen LogP) is 3.42. The summed E-state index contributed by atoms with van der Waals surface area (Å²) in [6, 6.07) is 13.8. The summed E-state index contributed by atoms with van der Waals surface area (Å²) in [4.78, 5) is 23.5. The Balaban J connectivity index is 2.24. The summed E-state index contributed by atoms with van der Waals surface area (Å²) >= 11 is 0. The second kappa shape index (κ2) is 7.75. The average Bonchev–Trinajstić information content (AvgIpc) is 2.59. The van der Waals surface area contributed by atoms with Gasteiger partial charge in [0.05, 0.1) is 24.4 Å². The molecule has 0 saturated heterocycles. The summed E-state index contributed by atoms with van der Waals surface area (Å²) < 4.78 is 5.16. The maximum Gasteiger partial charge on any atom is 0.221 e. The summed E-state index contributed by atoms with van der Waals surface area (Å²) in [5.41, 5.74) is 2.16. The highest BCUT2D eigenvalue weighted by Crippen LogP contribution is 2.26. The minimum absolute atomic E-state index is 0.216. The van der Waals surface area contributed by atoms with Gasteiger partial charge in [0.1, 0.15) is 5.75 Å². The maximum atomic E-state index is 12.3. The van der Waals surface area contributed by atoms with E-state index in [4.69, 9.17) is 10.00 Å². The van der Waals surface area contributed by atoms with Gasteiger partial charge in [0, 0.05) is 12.5 Å². The fourth-order valence-corrected chi connectivity index (χ4v) is 2.13. The van der Waals surface area contributed by atoms with Gasteiger partial charge in [0.25, 0.3) is 0 Å². The van der Waals surface area contributed by atoms with Crippen LogP contribution in [0.2, 0.25) is 0 Å². The number of ether oxygens (including phenoxy) is 1. The van der Waals surface area contributed by atoms with Gasteiger partial charge in [-0.15, -0.1) is 0 Å². The zero-order valence-corrected chi connectivity index (χ0v) is 13.4. The molecule has 5 nitrogen and oxygen atoms in total. The highest BCUT2D eigenvalue weighted by molar-refractivity contribution is 6.08. The average molecular weight is 320 g/mol. The topological polar surface area (TPSA) is 79.2 Å². The maximum absolute atomic E-state index is 12.3. The molecule has 2 aromatic rings. The molecule has 0 aromatic heterocycles. The first-order valence-corrected chi connectivity index (χ1v) is 7.21. The number of hydrogen-bond donors (Lipinski definition) is 1. The molecule has 0 bridgehead atoms. The fraction of sp³-hybridized carbons (Fsp3) is 0.105. The summed E-state index contributed by atoms with van der Waals surface area (Å²) in [5, 5.41) is 11.5. The monoisotopic (exact) mass is 320 g/mol. The first-order valence-electron chi connectivity index (χ1n) is 7.21. The Hall–Kier alpha value is -3.39. The Morgan fingerprint density at radius 2 is 2.00 bits per heavy atom. The van der Waals surface area contributed by atoms with Crippen LogP contribution in [0.3, 0.4) is 0 Å². The van der Waals surface area contributed by atoms with Gasteiger partial charge in [-0.3, -0.25) is 9.59 Å². The lowest BCUT2D eigenvalue weighted by Crippen LogP contribution is -2.08. The number of carbonyl (C=O) groups excluding carboxylic acids is 2. The number of nitrogens with one attached hydrogen (secondary N) is 1. The molecule has 0 aliphatic carbocycles. The Kier molecular flexibility index (Phi) is 5.48. The van der Waals surface area contributed by atoms with Crippen molar-refractivity contribution >= 4 is 23.5 Å². The molecule has 0 unspecified atom stereocenters. The molecule has 24 heavy (non-hydrogen) atoms. The molecular formula is C19H16N2O3. The second-order valence-electron chi connectivity index (χ2n) is 5.03. The van der Waals surface area contributed by atoms with Gasteiger partial charge in [-0.2, -0.15) is 5.26 Å². The lowest BCUT2D eigenvalue weighted by molar-refractivity contribution is -0.114. The standard InChI is InChI=1S/C19H16N2O3/c1-13(22)21-17-11-16(7-9-19(17)24-2)18(23)8-6-14-4-3-5-15(10-14)12-20/h3-11H,1-2H3,(H,21,22)/b8-6-. The van der Waals surface area contributed by atoms with Gasteiger partial charge in [0.2, 0.25) is 5.91 Å². The van der Waals surface area contributed by atoms with E-state index in [2.05, 4.69) is 11.4 Å².